The Balaban J connectivity index is 1.18. The third-order valence-corrected chi connectivity index (χ3v) is 19.5. The molecule has 9 aliphatic rings. The second kappa shape index (κ2) is 36.6. The Morgan fingerprint density at radius 1 is 0.269 bits per heavy atom. The molecule has 0 aromatic heterocycles. The van der Waals surface area contributed by atoms with Crippen LogP contribution in [0.15, 0.2) is 0 Å². The van der Waals surface area contributed by atoms with E-state index in [1.807, 2.05) is 0 Å². The molecule has 0 aromatic rings. The van der Waals surface area contributed by atoms with E-state index in [0.29, 0.717) is 0 Å². The van der Waals surface area contributed by atoms with Crippen LogP contribution in [0.25, 0.3) is 0 Å². The number of ether oxygens (including phenoxy) is 17. The van der Waals surface area contributed by atoms with E-state index in [0.717, 1.165) is 13.8 Å². The molecule has 9 heterocycles. The molecule has 9 rings (SSSR count). The van der Waals surface area contributed by atoms with Crippen molar-refractivity contribution in [2.45, 2.75) is 304 Å². The summed E-state index contributed by atoms with van der Waals surface area (Å²) >= 11 is 0. The maximum Gasteiger partial charge on any atom is 0.217 e. The van der Waals surface area contributed by atoms with Gasteiger partial charge in [-0.05, 0) is 13.8 Å². The van der Waals surface area contributed by atoms with Gasteiger partial charge < -0.3 is 219 Å². The van der Waals surface area contributed by atoms with Gasteiger partial charge in [-0.3, -0.25) is 9.59 Å². The summed E-state index contributed by atoms with van der Waals surface area (Å²) in [4.78, 5) is 27.0. The fourth-order valence-corrected chi connectivity index (χ4v) is 13.5. The van der Waals surface area contributed by atoms with Crippen LogP contribution in [0.4, 0.5) is 0 Å². The summed E-state index contributed by atoms with van der Waals surface area (Å²) in [5.41, 5.74) is 0. The van der Waals surface area contributed by atoms with E-state index in [9.17, 15) is 137 Å². The van der Waals surface area contributed by atoms with Gasteiger partial charge in [0.1, 0.15) is 207 Å². The molecule has 0 radical (unpaired) electrons. The van der Waals surface area contributed by atoms with Crippen LogP contribution in [-0.4, -0.2) is 462 Å². The van der Waals surface area contributed by atoms with Crippen LogP contribution in [0, 0.1) is 0 Å². The van der Waals surface area contributed by atoms with Crippen LogP contribution in [0.3, 0.4) is 0 Å². The van der Waals surface area contributed by atoms with Gasteiger partial charge in [-0.25, -0.2) is 0 Å². The number of carbonyl (C=O) groups excluding carboxylic acids is 2. The first kappa shape index (κ1) is 85.3. The highest BCUT2D eigenvalue weighted by Gasteiger charge is 2.62. The lowest BCUT2D eigenvalue weighted by Crippen LogP contribution is -2.72. The molecule has 0 saturated carbocycles. The molecule has 2 amide bonds. The minimum Gasteiger partial charge on any atom is -0.394 e. The average Bonchev–Trinajstić information content (AvgIpc) is 0.567. The Morgan fingerprint density at radius 2 is 0.606 bits per heavy atom. The van der Waals surface area contributed by atoms with Crippen LogP contribution in [0.1, 0.15) is 27.7 Å². The maximum absolute atomic E-state index is 13.9. The van der Waals surface area contributed by atoms with Crippen molar-refractivity contribution in [1.29, 1.82) is 0 Å². The largest absolute Gasteiger partial charge is 0.394 e. The third kappa shape index (κ3) is 18.1. The van der Waals surface area contributed by atoms with Crippen molar-refractivity contribution in [3.8, 4) is 0 Å². The van der Waals surface area contributed by atoms with E-state index in [1.54, 1.807) is 0 Å². The number of aliphatic hydroxyl groups excluding tert-OH is 25. The number of hydrogen-bond acceptors (Lipinski definition) is 44. The highest BCUT2D eigenvalue weighted by Crippen LogP contribution is 2.41. The molecule has 45 atom stereocenters. The average molecular weight is 1530 g/mol. The molecule has 46 heteroatoms. The molecule has 604 valence electrons. The Kier molecular flexibility index (Phi) is 30.0. The standard InChI is InChI=1S/C58H98N2O44/c1-12-25(69)32(76)38(82)53(89-12)100-45-22(11-88-51-23(59-14(3)67)31(75)43(21(10-66)96-51)98-55-40(84)34(78)27(71)16(5-61)92-55)97-52(102-47-29(73)18(7-63)94-57(42(47)86)99-44-20(9-65)91-50(87)37(81)36(44)80)24(60-15(4)68)46(45)101-58-49(104-54-39(83)33(77)26(70)13(2)90-54)48(30(74)19(8-64)95-58)103-56-41(85)35(79)28(72)17(6-62)93-56/h12-13,16-58,61-66,69-87H,5-11H2,1-4H3,(H,59,67)(H,60,68)/t12-,13-,16+,17+,18+,19+,20+,21+,22+,23+,24+,25+,26+,27-,28-,29-,30-,31+,32+,33+,34-,35-,36+,37+,38-,39-,40+,41+,42+,43+,44+,45+,46+,47-,48-,49+,50?,51+,52-,53-,54-,55?,56-,57-,58-/m0/s1. The second-order valence-corrected chi connectivity index (χ2v) is 26.7. The van der Waals surface area contributed by atoms with Crippen LogP contribution < -0.4 is 10.6 Å². The first-order valence-electron chi connectivity index (χ1n) is 33.4. The van der Waals surface area contributed by atoms with Crippen molar-refractivity contribution in [3.63, 3.8) is 0 Å². The number of carbonyl (C=O) groups is 2. The quantitative estimate of drug-likeness (QED) is 0.0404. The highest BCUT2D eigenvalue weighted by atomic mass is 16.8. The topological polar surface area (TPSA) is 721 Å². The van der Waals surface area contributed by atoms with Gasteiger partial charge in [0, 0.05) is 13.8 Å². The van der Waals surface area contributed by atoms with Gasteiger partial charge >= 0.3 is 0 Å². The van der Waals surface area contributed by atoms with Crippen LogP contribution in [-0.2, 0) is 90.1 Å². The molecule has 0 spiro atoms. The molecule has 0 aliphatic carbocycles. The van der Waals surface area contributed by atoms with Crippen LogP contribution >= 0.6 is 0 Å². The molecule has 0 bridgehead atoms. The SMILES string of the molecule is CC(=O)N[C@H]1[C@H](OC[C@H]2O[C@@H](O[C@H]3[C@@H](O)[C@@H](CO)O[C@@H](O[C@H]4[C@H](O)[C@@H](O)C(O)O[C@@H]4CO)[C@@H]3O)[C@H](NC(C)=O)[C@@H](O[C@@H]3O[C@H](CO)[C@H](O)[C@H](O[C@@H]4O[C@H](CO)[C@H](O)[C@H](O)[C@H]4O)[C@H]3O[C@@H]3O[C@@H](C)[C@@H](O)[C@@H](O)[C@@H]3O)[C@@H]2O[C@@H]2O[C@@H](C)[C@@H](O)[C@@H](O)[C@@H]2O)O[C@H](CO)[C@@H](OC2O[C@H](CO)[C@H](O)[C@H](O)[C@H]2O)[C@@H]1O. The van der Waals surface area contributed by atoms with Gasteiger partial charge in [0.05, 0.1) is 58.5 Å². The molecular formula is C58H98N2O44. The van der Waals surface area contributed by atoms with Gasteiger partial charge in [-0.1, -0.05) is 0 Å². The summed E-state index contributed by atoms with van der Waals surface area (Å²) < 4.78 is 103. The van der Waals surface area contributed by atoms with Gasteiger partial charge in [-0.15, -0.1) is 0 Å². The monoisotopic (exact) mass is 1530 g/mol. The summed E-state index contributed by atoms with van der Waals surface area (Å²) in [7, 11) is 0. The first-order chi connectivity index (χ1) is 49.1. The number of aliphatic hydroxyl groups is 25. The Bertz CT molecular complexity index is 2670. The molecule has 27 N–H and O–H groups in total. The van der Waals surface area contributed by atoms with Crippen molar-refractivity contribution >= 4 is 11.8 Å². The zero-order valence-corrected chi connectivity index (χ0v) is 55.9. The predicted molar refractivity (Wildman–Crippen MR) is 317 cm³/mol. The minimum atomic E-state index is -2.49. The fraction of sp³-hybridized carbons (Fsp3) is 0.966. The summed E-state index contributed by atoms with van der Waals surface area (Å²) in [5.74, 6) is -2.03. The lowest BCUT2D eigenvalue weighted by atomic mass is 9.93. The lowest BCUT2D eigenvalue weighted by Gasteiger charge is -2.53. The molecular weight excluding hydrogens is 1430 g/mol. The Hall–Kier alpha value is -2.74. The summed E-state index contributed by atoms with van der Waals surface area (Å²) in [6.07, 6.45) is -90.0. The van der Waals surface area contributed by atoms with E-state index in [-0.39, 0.29) is 0 Å². The minimum absolute atomic E-state index is 0.880. The van der Waals surface area contributed by atoms with E-state index in [1.165, 1.54) is 13.8 Å². The third-order valence-electron chi connectivity index (χ3n) is 19.5. The second-order valence-electron chi connectivity index (χ2n) is 26.7. The molecule has 46 nitrogen and oxygen atoms in total. The van der Waals surface area contributed by atoms with Crippen molar-refractivity contribution in [2.75, 3.05) is 46.2 Å². The Labute approximate surface area is 589 Å². The van der Waals surface area contributed by atoms with Gasteiger partial charge in [-0.2, -0.15) is 0 Å². The zero-order chi connectivity index (χ0) is 76.5. The zero-order valence-electron chi connectivity index (χ0n) is 55.9. The van der Waals surface area contributed by atoms with Crippen molar-refractivity contribution in [3.05, 3.63) is 0 Å². The molecule has 9 fully saturated rings. The maximum atomic E-state index is 13.9. The van der Waals surface area contributed by atoms with Crippen LogP contribution in [0.5, 0.6) is 0 Å². The summed E-state index contributed by atoms with van der Waals surface area (Å²) in [6, 6.07) is -4.12. The first-order valence-corrected chi connectivity index (χ1v) is 33.4. The normalized spacial score (nSPS) is 51.9. The molecule has 2 unspecified atom stereocenters. The number of hydrogen-bond donors (Lipinski definition) is 27. The van der Waals surface area contributed by atoms with E-state index < -0.39 is 334 Å². The van der Waals surface area contributed by atoms with Gasteiger partial charge in [0.25, 0.3) is 0 Å². The van der Waals surface area contributed by atoms with Gasteiger partial charge in [0.2, 0.25) is 11.8 Å². The van der Waals surface area contributed by atoms with Gasteiger partial charge in [0.15, 0.2) is 56.6 Å². The van der Waals surface area contributed by atoms with Crippen molar-refractivity contribution < 1.29 is 218 Å². The summed E-state index contributed by atoms with van der Waals surface area (Å²) in [6.45, 7) is -3.54. The number of nitrogens with one attached hydrogen (secondary N) is 2. The van der Waals surface area contributed by atoms with Crippen LogP contribution in [0.2, 0.25) is 0 Å². The van der Waals surface area contributed by atoms with Crippen molar-refractivity contribution in [1.82, 2.24) is 10.6 Å². The smallest absolute Gasteiger partial charge is 0.217 e. The van der Waals surface area contributed by atoms with E-state index >= 15 is 0 Å². The van der Waals surface area contributed by atoms with E-state index in [4.69, 9.17) is 80.5 Å². The molecule has 104 heavy (non-hydrogen) atoms. The fourth-order valence-electron chi connectivity index (χ4n) is 13.5. The Morgan fingerprint density at radius 3 is 1.08 bits per heavy atom. The van der Waals surface area contributed by atoms with E-state index in [2.05, 4.69) is 10.6 Å². The molecule has 9 aliphatic heterocycles. The molecule has 0 aromatic carbocycles. The lowest BCUT2D eigenvalue weighted by molar-refractivity contribution is -0.412. The number of amides is 2. The summed E-state index contributed by atoms with van der Waals surface area (Å²) in [5, 5.41) is 280. The number of rotatable bonds is 25. The van der Waals surface area contributed by atoms with Crippen molar-refractivity contribution in [2.24, 2.45) is 0 Å². The highest BCUT2D eigenvalue weighted by molar-refractivity contribution is 5.73. The predicted octanol–water partition coefficient (Wildman–Crippen LogP) is -18.3. The molecule has 9 saturated heterocycles.